The van der Waals surface area contributed by atoms with Crippen molar-refractivity contribution in [1.82, 2.24) is 14.8 Å². The van der Waals surface area contributed by atoms with Gasteiger partial charge in [0.05, 0.1) is 16.9 Å². The van der Waals surface area contributed by atoms with Crippen molar-refractivity contribution >= 4 is 5.97 Å². The maximum atomic E-state index is 13.2. The van der Waals surface area contributed by atoms with Crippen molar-refractivity contribution in [3.8, 4) is 16.9 Å². The molecule has 0 spiro atoms. The van der Waals surface area contributed by atoms with E-state index in [-0.39, 0.29) is 17.1 Å². The molecule has 3 rings (SSSR count). The molecule has 0 amide bonds. The lowest BCUT2D eigenvalue weighted by atomic mass is 10.1. The first-order valence-corrected chi connectivity index (χ1v) is 6.78. The van der Waals surface area contributed by atoms with Gasteiger partial charge < -0.3 is 5.11 Å². The van der Waals surface area contributed by atoms with Gasteiger partial charge in [-0.25, -0.2) is 9.48 Å². The molecule has 0 atom stereocenters. The Bertz CT molecular complexity index is 889. The topological polar surface area (TPSA) is 68.0 Å². The van der Waals surface area contributed by atoms with Crippen molar-refractivity contribution in [3.05, 3.63) is 66.1 Å². The molecule has 0 aliphatic carbocycles. The molecule has 0 fully saturated rings. The summed E-state index contributed by atoms with van der Waals surface area (Å²) in [6.45, 7) is 0. The Kier molecular flexibility index (Phi) is 3.80. The summed E-state index contributed by atoms with van der Waals surface area (Å²) in [4.78, 5) is 15.3. The Morgan fingerprint density at radius 2 is 1.88 bits per heavy atom. The Morgan fingerprint density at radius 3 is 2.50 bits per heavy atom. The van der Waals surface area contributed by atoms with Crippen LogP contribution in [0.4, 0.5) is 13.2 Å². The summed E-state index contributed by atoms with van der Waals surface area (Å²) in [6.07, 6.45) is -1.65. The number of aromatic nitrogens is 3. The van der Waals surface area contributed by atoms with Gasteiger partial charge in [0.1, 0.15) is 0 Å². The predicted octanol–water partition coefficient (Wildman–Crippen LogP) is 3.65. The largest absolute Gasteiger partial charge is 0.477 e. The highest BCUT2D eigenvalue weighted by molar-refractivity contribution is 5.88. The summed E-state index contributed by atoms with van der Waals surface area (Å²) in [5, 5.41) is 13.4. The third kappa shape index (κ3) is 2.85. The van der Waals surface area contributed by atoms with E-state index < -0.39 is 17.7 Å². The molecule has 0 saturated carbocycles. The fourth-order valence-corrected chi connectivity index (χ4v) is 2.27. The van der Waals surface area contributed by atoms with Crippen LogP contribution >= 0.6 is 0 Å². The predicted molar refractivity (Wildman–Crippen MR) is 78.8 cm³/mol. The highest BCUT2D eigenvalue weighted by Gasteiger charge is 2.35. The fourth-order valence-electron chi connectivity index (χ4n) is 2.27. The maximum absolute atomic E-state index is 13.2. The van der Waals surface area contributed by atoms with Crippen molar-refractivity contribution in [2.75, 3.05) is 0 Å². The first kappa shape index (κ1) is 15.7. The number of benzene rings is 1. The number of hydrogen-bond donors (Lipinski definition) is 1. The molecule has 0 radical (unpaired) electrons. The number of nitrogens with zero attached hydrogens (tertiary/aromatic N) is 3. The number of halogens is 3. The molecule has 5 nitrogen and oxygen atoms in total. The lowest BCUT2D eigenvalue weighted by Gasteiger charge is -2.13. The van der Waals surface area contributed by atoms with E-state index in [0.29, 0.717) is 5.56 Å². The second-order valence-corrected chi connectivity index (χ2v) is 4.89. The van der Waals surface area contributed by atoms with Gasteiger partial charge in [-0.05, 0) is 30.3 Å². The zero-order valence-corrected chi connectivity index (χ0v) is 12.0. The third-order valence-electron chi connectivity index (χ3n) is 3.32. The summed E-state index contributed by atoms with van der Waals surface area (Å²) in [6, 6.07) is 9.16. The van der Waals surface area contributed by atoms with Crippen molar-refractivity contribution in [2.45, 2.75) is 6.18 Å². The van der Waals surface area contributed by atoms with Crippen LogP contribution in [0.25, 0.3) is 16.9 Å². The number of rotatable bonds is 3. The van der Waals surface area contributed by atoms with Crippen molar-refractivity contribution in [2.24, 2.45) is 0 Å². The lowest BCUT2D eigenvalue weighted by molar-refractivity contribution is -0.137. The van der Waals surface area contributed by atoms with Crippen LogP contribution in [-0.2, 0) is 6.18 Å². The van der Waals surface area contributed by atoms with E-state index in [1.165, 1.54) is 36.7 Å². The number of pyridine rings is 1. The van der Waals surface area contributed by atoms with Gasteiger partial charge in [0.15, 0.2) is 5.69 Å². The van der Waals surface area contributed by atoms with Gasteiger partial charge in [0.25, 0.3) is 0 Å². The molecule has 0 aliphatic rings. The summed E-state index contributed by atoms with van der Waals surface area (Å²) >= 11 is 0. The molecule has 0 aliphatic heterocycles. The van der Waals surface area contributed by atoms with Gasteiger partial charge in [0.2, 0.25) is 0 Å². The molecule has 1 aromatic carbocycles. The molecule has 2 aromatic heterocycles. The maximum Gasteiger partial charge on any atom is 0.418 e. The SMILES string of the molecule is O=C(O)c1cc(-c2cccnc2)nn1-c1ccccc1C(F)(F)F. The van der Waals surface area contributed by atoms with Gasteiger partial charge in [0, 0.05) is 18.0 Å². The molecular weight excluding hydrogens is 323 g/mol. The minimum atomic E-state index is -4.63. The summed E-state index contributed by atoms with van der Waals surface area (Å²) in [7, 11) is 0. The molecular formula is C16H10F3N3O2. The van der Waals surface area contributed by atoms with E-state index in [9.17, 15) is 23.1 Å². The molecule has 0 unspecified atom stereocenters. The molecule has 0 saturated heterocycles. The summed E-state index contributed by atoms with van der Waals surface area (Å²) in [5.74, 6) is -1.38. The first-order chi connectivity index (χ1) is 11.4. The summed E-state index contributed by atoms with van der Waals surface area (Å²) in [5.41, 5.74) is -0.961. The standard InChI is InChI=1S/C16H10F3N3O2/c17-16(18,19)11-5-1-2-6-13(11)22-14(15(23)24)8-12(21-22)10-4-3-7-20-9-10/h1-9H,(H,23,24). The number of aromatic carboxylic acids is 1. The quantitative estimate of drug-likeness (QED) is 0.794. The van der Waals surface area contributed by atoms with Crippen LogP contribution in [0.3, 0.4) is 0 Å². The first-order valence-electron chi connectivity index (χ1n) is 6.78. The smallest absolute Gasteiger partial charge is 0.418 e. The van der Waals surface area contributed by atoms with Crippen LogP contribution in [0.15, 0.2) is 54.9 Å². The average molecular weight is 333 g/mol. The van der Waals surface area contributed by atoms with E-state index in [2.05, 4.69) is 10.1 Å². The Morgan fingerprint density at radius 1 is 1.12 bits per heavy atom. The molecule has 3 aromatic rings. The van der Waals surface area contributed by atoms with Gasteiger partial charge >= 0.3 is 12.1 Å². The Hall–Kier alpha value is -3.16. The van der Waals surface area contributed by atoms with Crippen molar-refractivity contribution in [3.63, 3.8) is 0 Å². The van der Waals surface area contributed by atoms with E-state index >= 15 is 0 Å². The number of carboxylic acids is 1. The molecule has 122 valence electrons. The van der Waals surface area contributed by atoms with Crippen LogP contribution in [-0.4, -0.2) is 25.8 Å². The number of alkyl halides is 3. The van der Waals surface area contributed by atoms with Crippen LogP contribution in [0.1, 0.15) is 16.1 Å². The van der Waals surface area contributed by atoms with E-state index in [1.807, 2.05) is 0 Å². The zero-order chi connectivity index (χ0) is 17.3. The van der Waals surface area contributed by atoms with Gasteiger partial charge in [-0.3, -0.25) is 4.98 Å². The third-order valence-corrected chi connectivity index (χ3v) is 3.32. The number of carboxylic acid groups (broad SMARTS) is 1. The molecule has 2 heterocycles. The molecule has 8 heteroatoms. The molecule has 0 bridgehead atoms. The number of para-hydroxylation sites is 1. The van der Waals surface area contributed by atoms with Gasteiger partial charge in [-0.15, -0.1) is 0 Å². The second-order valence-electron chi connectivity index (χ2n) is 4.89. The summed E-state index contributed by atoms with van der Waals surface area (Å²) < 4.78 is 40.4. The minimum Gasteiger partial charge on any atom is -0.477 e. The minimum absolute atomic E-state index is 0.220. The van der Waals surface area contributed by atoms with E-state index in [1.54, 1.807) is 12.1 Å². The molecule has 1 N–H and O–H groups in total. The number of carbonyl (C=O) groups is 1. The Labute approximate surface area is 134 Å². The van der Waals surface area contributed by atoms with Gasteiger partial charge in [-0.2, -0.15) is 18.3 Å². The van der Waals surface area contributed by atoms with E-state index in [0.717, 1.165) is 10.7 Å². The lowest BCUT2D eigenvalue weighted by Crippen LogP contribution is -2.14. The van der Waals surface area contributed by atoms with Crippen LogP contribution < -0.4 is 0 Å². The van der Waals surface area contributed by atoms with Crippen LogP contribution in [0.2, 0.25) is 0 Å². The molecule has 24 heavy (non-hydrogen) atoms. The average Bonchev–Trinajstić information content (AvgIpc) is 3.00. The number of hydrogen-bond acceptors (Lipinski definition) is 3. The van der Waals surface area contributed by atoms with Gasteiger partial charge in [-0.1, -0.05) is 12.1 Å². The zero-order valence-electron chi connectivity index (χ0n) is 12.0. The normalized spacial score (nSPS) is 11.5. The fraction of sp³-hybridized carbons (Fsp3) is 0.0625. The highest BCUT2D eigenvalue weighted by Crippen LogP contribution is 2.34. The Balaban J connectivity index is 2.22. The van der Waals surface area contributed by atoms with Crippen LogP contribution in [0, 0.1) is 0 Å². The highest BCUT2D eigenvalue weighted by atomic mass is 19.4. The van der Waals surface area contributed by atoms with Crippen molar-refractivity contribution in [1.29, 1.82) is 0 Å². The van der Waals surface area contributed by atoms with E-state index in [4.69, 9.17) is 0 Å². The van der Waals surface area contributed by atoms with Crippen LogP contribution in [0.5, 0.6) is 0 Å². The van der Waals surface area contributed by atoms with Crippen molar-refractivity contribution < 1.29 is 23.1 Å². The second kappa shape index (κ2) is 5.80. The monoisotopic (exact) mass is 333 g/mol.